The molecule has 2 heterocycles. The quantitative estimate of drug-likeness (QED) is 0.350. The fraction of sp³-hybridized carbons (Fsp3) is 1.00. The van der Waals surface area contributed by atoms with E-state index in [0.717, 1.165) is 0 Å². The third-order valence-corrected chi connectivity index (χ3v) is 2.92. The Labute approximate surface area is 92.6 Å². The van der Waals surface area contributed by atoms with Gasteiger partial charge in [0, 0.05) is 13.1 Å². The molecule has 2 aliphatic heterocycles. The van der Waals surface area contributed by atoms with E-state index < -0.39 is 37.3 Å². The fourth-order valence-corrected chi connectivity index (χ4v) is 1.73. The Morgan fingerprint density at radius 2 is 1.81 bits per heavy atom. The van der Waals surface area contributed by atoms with Gasteiger partial charge in [0.15, 0.2) is 6.29 Å². The van der Waals surface area contributed by atoms with Crippen molar-refractivity contribution in [2.45, 2.75) is 36.8 Å². The van der Waals surface area contributed by atoms with E-state index in [1.807, 2.05) is 0 Å². The summed E-state index contributed by atoms with van der Waals surface area (Å²) in [7, 11) is 0. The van der Waals surface area contributed by atoms with Crippen molar-refractivity contribution >= 4 is 0 Å². The minimum Gasteiger partial charge on any atom is -0.394 e. The molecule has 2 unspecified atom stereocenters. The molecule has 2 fully saturated rings. The lowest BCUT2D eigenvalue weighted by Gasteiger charge is -2.42. The predicted octanol–water partition coefficient (Wildman–Crippen LogP) is -3.23. The van der Waals surface area contributed by atoms with E-state index in [4.69, 9.17) is 14.6 Å². The summed E-state index contributed by atoms with van der Waals surface area (Å²) in [5.74, 6) is 0. The normalized spacial score (nSPS) is 45.4. The van der Waals surface area contributed by atoms with Crippen LogP contribution in [0.5, 0.6) is 0 Å². The van der Waals surface area contributed by atoms with Crippen LogP contribution in [0.25, 0.3) is 0 Å². The van der Waals surface area contributed by atoms with Crippen molar-refractivity contribution in [1.29, 1.82) is 0 Å². The molecule has 0 bridgehead atoms. The van der Waals surface area contributed by atoms with Gasteiger partial charge in [-0.15, -0.1) is 0 Å². The van der Waals surface area contributed by atoms with Crippen LogP contribution in [0.4, 0.5) is 0 Å². The molecule has 0 spiro atoms. The minimum absolute atomic E-state index is 0.0681. The number of ether oxygens (including phenoxy) is 2. The molecular formula is C9H17NO6. The summed E-state index contributed by atoms with van der Waals surface area (Å²) in [6, 6.07) is 0. The van der Waals surface area contributed by atoms with Gasteiger partial charge in [0.25, 0.3) is 0 Å². The number of hydrogen-bond acceptors (Lipinski definition) is 7. The lowest BCUT2D eigenvalue weighted by atomic mass is 9.99. The molecule has 2 saturated heterocycles. The number of hydrogen-bond donors (Lipinski definition) is 5. The van der Waals surface area contributed by atoms with Crippen LogP contribution in [0.2, 0.25) is 0 Å². The van der Waals surface area contributed by atoms with Crippen LogP contribution in [0.1, 0.15) is 0 Å². The molecule has 0 radical (unpaired) electrons. The van der Waals surface area contributed by atoms with E-state index in [0.29, 0.717) is 13.1 Å². The van der Waals surface area contributed by atoms with Crippen LogP contribution in [0.3, 0.4) is 0 Å². The van der Waals surface area contributed by atoms with Crippen molar-refractivity contribution in [3.63, 3.8) is 0 Å². The topological polar surface area (TPSA) is 111 Å². The average molecular weight is 235 g/mol. The second-order valence-corrected chi connectivity index (χ2v) is 4.11. The lowest BCUT2D eigenvalue weighted by Crippen LogP contribution is -2.61. The predicted molar refractivity (Wildman–Crippen MR) is 51.5 cm³/mol. The highest BCUT2D eigenvalue weighted by Gasteiger charge is 2.45. The number of rotatable bonds is 3. The summed E-state index contributed by atoms with van der Waals surface area (Å²) >= 11 is 0. The maximum atomic E-state index is 9.63. The summed E-state index contributed by atoms with van der Waals surface area (Å²) < 4.78 is 10.6. The van der Waals surface area contributed by atoms with E-state index >= 15 is 0 Å². The van der Waals surface area contributed by atoms with E-state index in [1.54, 1.807) is 0 Å². The van der Waals surface area contributed by atoms with Crippen molar-refractivity contribution in [2.24, 2.45) is 0 Å². The van der Waals surface area contributed by atoms with Crippen LogP contribution >= 0.6 is 0 Å². The molecule has 2 rings (SSSR count). The highest BCUT2D eigenvalue weighted by molar-refractivity contribution is 4.90. The Kier molecular flexibility index (Phi) is 3.75. The van der Waals surface area contributed by atoms with Crippen LogP contribution in [-0.4, -0.2) is 76.9 Å². The number of aliphatic hydroxyl groups excluding tert-OH is 4. The van der Waals surface area contributed by atoms with E-state index in [-0.39, 0.29) is 6.10 Å². The largest absolute Gasteiger partial charge is 0.394 e. The standard InChI is InChI=1S/C9H17NO6/c11-3-5-6(12)7(13)8(14)9(16-5)15-4-1-10-2-4/h4-14H,1-3H2/t5?,6-,7?,8-,9+/m1/s1. The Balaban J connectivity index is 1.95. The van der Waals surface area contributed by atoms with E-state index in [1.165, 1.54) is 0 Å². The third kappa shape index (κ3) is 2.21. The zero-order chi connectivity index (χ0) is 11.7. The van der Waals surface area contributed by atoms with E-state index in [9.17, 15) is 15.3 Å². The molecule has 2 aliphatic rings. The van der Waals surface area contributed by atoms with Crippen LogP contribution in [0.15, 0.2) is 0 Å². The maximum Gasteiger partial charge on any atom is 0.187 e. The van der Waals surface area contributed by atoms with Gasteiger partial charge >= 0.3 is 0 Å². The first-order valence-corrected chi connectivity index (χ1v) is 5.30. The summed E-state index contributed by atoms with van der Waals surface area (Å²) in [4.78, 5) is 0. The van der Waals surface area contributed by atoms with Gasteiger partial charge < -0.3 is 35.2 Å². The minimum atomic E-state index is -1.37. The molecule has 5 atom stereocenters. The Hall–Kier alpha value is -0.280. The molecule has 0 aromatic carbocycles. The summed E-state index contributed by atoms with van der Waals surface area (Å²) in [6.07, 6.45) is -6.00. The molecule has 16 heavy (non-hydrogen) atoms. The summed E-state index contributed by atoms with van der Waals surface area (Å²) in [6.45, 7) is 0.887. The highest BCUT2D eigenvalue weighted by atomic mass is 16.7. The van der Waals surface area contributed by atoms with Crippen LogP contribution in [-0.2, 0) is 9.47 Å². The Morgan fingerprint density at radius 1 is 1.12 bits per heavy atom. The van der Waals surface area contributed by atoms with Gasteiger partial charge in [0.1, 0.15) is 24.4 Å². The van der Waals surface area contributed by atoms with Crippen molar-refractivity contribution in [1.82, 2.24) is 5.32 Å². The van der Waals surface area contributed by atoms with Crippen LogP contribution < -0.4 is 5.32 Å². The zero-order valence-electron chi connectivity index (χ0n) is 8.69. The fourth-order valence-electron chi connectivity index (χ4n) is 1.73. The second kappa shape index (κ2) is 4.92. The molecule has 0 aromatic rings. The lowest BCUT2D eigenvalue weighted by molar-refractivity contribution is -0.313. The smallest absolute Gasteiger partial charge is 0.187 e. The second-order valence-electron chi connectivity index (χ2n) is 4.11. The molecule has 0 aliphatic carbocycles. The molecule has 7 nitrogen and oxygen atoms in total. The Bertz CT molecular complexity index is 234. The van der Waals surface area contributed by atoms with Gasteiger partial charge in [0.2, 0.25) is 0 Å². The van der Waals surface area contributed by atoms with Gasteiger partial charge in [0.05, 0.1) is 12.7 Å². The first-order chi connectivity index (χ1) is 7.63. The molecule has 5 N–H and O–H groups in total. The highest BCUT2D eigenvalue weighted by Crippen LogP contribution is 2.23. The van der Waals surface area contributed by atoms with Crippen molar-refractivity contribution in [3.8, 4) is 0 Å². The van der Waals surface area contributed by atoms with Gasteiger partial charge in [-0.25, -0.2) is 0 Å². The van der Waals surface area contributed by atoms with Gasteiger partial charge in [-0.2, -0.15) is 0 Å². The molecule has 94 valence electrons. The molecular weight excluding hydrogens is 218 g/mol. The van der Waals surface area contributed by atoms with E-state index in [2.05, 4.69) is 5.32 Å². The van der Waals surface area contributed by atoms with Crippen molar-refractivity contribution in [3.05, 3.63) is 0 Å². The first kappa shape index (κ1) is 12.2. The monoisotopic (exact) mass is 235 g/mol. The molecule has 7 heteroatoms. The van der Waals surface area contributed by atoms with Crippen LogP contribution in [0, 0.1) is 0 Å². The zero-order valence-corrected chi connectivity index (χ0v) is 8.69. The molecule has 0 saturated carbocycles. The van der Waals surface area contributed by atoms with Gasteiger partial charge in [-0.3, -0.25) is 0 Å². The van der Waals surface area contributed by atoms with Gasteiger partial charge in [-0.1, -0.05) is 0 Å². The third-order valence-electron chi connectivity index (χ3n) is 2.92. The average Bonchev–Trinajstić information content (AvgIpc) is 2.23. The van der Waals surface area contributed by atoms with Crippen molar-refractivity contribution < 1.29 is 29.9 Å². The number of aliphatic hydroxyl groups is 4. The first-order valence-electron chi connectivity index (χ1n) is 5.30. The summed E-state index contributed by atoms with van der Waals surface area (Å²) in [5.41, 5.74) is 0. The summed E-state index contributed by atoms with van der Waals surface area (Å²) in [5, 5.41) is 40.6. The molecule has 0 aromatic heterocycles. The molecule has 0 amide bonds. The SMILES string of the molecule is OCC1O[C@H](OC2CNC2)[C@H](O)C(O)[C@@H]1O. The maximum absolute atomic E-state index is 9.63. The Morgan fingerprint density at radius 3 is 2.31 bits per heavy atom. The van der Waals surface area contributed by atoms with Gasteiger partial charge in [-0.05, 0) is 0 Å². The van der Waals surface area contributed by atoms with Crippen molar-refractivity contribution in [2.75, 3.05) is 19.7 Å². The number of nitrogens with one attached hydrogen (secondary N) is 1.